The predicted molar refractivity (Wildman–Crippen MR) is 126 cm³/mol. The molecule has 1 heterocycles. The summed E-state index contributed by atoms with van der Waals surface area (Å²) >= 11 is 0. The topological polar surface area (TPSA) is 106 Å². The lowest BCUT2D eigenvalue weighted by Gasteiger charge is -2.12. The quantitative estimate of drug-likeness (QED) is 0.401. The van der Waals surface area contributed by atoms with Crippen molar-refractivity contribution in [3.63, 3.8) is 0 Å². The second-order valence-electron chi connectivity index (χ2n) is 7.46. The molecule has 3 rings (SSSR count). The minimum absolute atomic E-state index is 0.0350. The number of rotatable bonds is 9. The summed E-state index contributed by atoms with van der Waals surface area (Å²) in [5.41, 5.74) is 3.70. The third-order valence-electron chi connectivity index (χ3n) is 5.08. The Morgan fingerprint density at radius 1 is 1.27 bits per heavy atom. The van der Waals surface area contributed by atoms with E-state index in [2.05, 4.69) is 10.5 Å². The normalized spacial score (nSPS) is 11.0. The fourth-order valence-electron chi connectivity index (χ4n) is 3.51. The molecule has 170 valence electrons. The van der Waals surface area contributed by atoms with Gasteiger partial charge in [0, 0.05) is 23.9 Å². The molecule has 1 N–H and O–H groups in total. The number of carbonyl (C=O) groups is 1. The lowest BCUT2D eigenvalue weighted by Crippen LogP contribution is -2.33. The molecule has 1 amide bonds. The molecule has 0 aliphatic rings. The molecule has 0 atom stereocenters. The zero-order chi connectivity index (χ0) is 23.8. The molecule has 0 spiro atoms. The maximum absolute atomic E-state index is 12.7. The van der Waals surface area contributed by atoms with Gasteiger partial charge >= 0.3 is 0 Å². The summed E-state index contributed by atoms with van der Waals surface area (Å²) in [6, 6.07) is 15.3. The molecule has 8 heteroatoms. The Balaban J connectivity index is 1.82. The van der Waals surface area contributed by atoms with Crippen LogP contribution in [-0.2, 0) is 22.7 Å². The predicted octanol–water partition coefficient (Wildman–Crippen LogP) is 3.27. The molecule has 8 nitrogen and oxygen atoms in total. The molecule has 3 aromatic rings. The summed E-state index contributed by atoms with van der Waals surface area (Å²) in [6.07, 6.45) is 2.41. The Hall–Kier alpha value is -3.96. The molecular formula is C25H26N4O4. The number of hydrogen-bond donors (Lipinski definition) is 1. The zero-order valence-corrected chi connectivity index (χ0v) is 18.9. The standard InChI is InChI=1S/C25H26N4O4/c1-4-11-33-23-10-9-18-7-5-6-8-20(18)22(23)14-27-28-24(30)15-29-17(2)12-19(16-32-3)21(13-26)25(29)31/h5-10,12,14H,4,11,15-16H2,1-3H3,(H,28,30)/b27-14-. The molecule has 0 aliphatic heterocycles. The van der Waals surface area contributed by atoms with Gasteiger partial charge < -0.3 is 14.0 Å². The van der Waals surface area contributed by atoms with E-state index in [4.69, 9.17) is 9.47 Å². The number of aromatic nitrogens is 1. The van der Waals surface area contributed by atoms with Crippen molar-refractivity contribution < 1.29 is 14.3 Å². The smallest absolute Gasteiger partial charge is 0.269 e. The number of nitriles is 1. The van der Waals surface area contributed by atoms with Gasteiger partial charge in [0.05, 0.1) is 19.4 Å². The SMILES string of the molecule is CCCOc1ccc2ccccc2c1/C=N\NC(=O)Cn1c(C)cc(COC)c(C#N)c1=O. The number of nitrogens with one attached hydrogen (secondary N) is 1. The van der Waals surface area contributed by atoms with Gasteiger partial charge in [0.1, 0.15) is 23.9 Å². The van der Waals surface area contributed by atoms with E-state index in [0.717, 1.165) is 22.8 Å². The summed E-state index contributed by atoms with van der Waals surface area (Å²) in [4.78, 5) is 25.2. The number of fused-ring (bicyclic) bond motifs is 1. The lowest BCUT2D eigenvalue weighted by atomic mass is 10.0. The summed E-state index contributed by atoms with van der Waals surface area (Å²) < 4.78 is 12.1. The monoisotopic (exact) mass is 446 g/mol. The van der Waals surface area contributed by atoms with Gasteiger partial charge in [0.15, 0.2) is 0 Å². The highest BCUT2D eigenvalue weighted by molar-refractivity contribution is 6.02. The maximum atomic E-state index is 12.7. The number of methoxy groups -OCH3 is 1. The van der Waals surface area contributed by atoms with Crippen molar-refractivity contribution in [2.75, 3.05) is 13.7 Å². The van der Waals surface area contributed by atoms with Crippen LogP contribution in [0.25, 0.3) is 10.8 Å². The molecular weight excluding hydrogens is 420 g/mol. The van der Waals surface area contributed by atoms with Crippen molar-refractivity contribution in [2.45, 2.75) is 33.4 Å². The zero-order valence-electron chi connectivity index (χ0n) is 18.9. The molecule has 33 heavy (non-hydrogen) atoms. The van der Waals surface area contributed by atoms with E-state index in [1.807, 2.05) is 49.4 Å². The highest BCUT2D eigenvalue weighted by Gasteiger charge is 2.15. The van der Waals surface area contributed by atoms with Crippen molar-refractivity contribution >= 4 is 22.9 Å². The highest BCUT2D eigenvalue weighted by atomic mass is 16.5. The number of aryl methyl sites for hydroxylation is 1. The number of pyridine rings is 1. The van der Waals surface area contributed by atoms with Crippen LogP contribution in [0.15, 0.2) is 52.4 Å². The van der Waals surface area contributed by atoms with Crippen molar-refractivity contribution in [2.24, 2.45) is 5.10 Å². The number of nitrogens with zero attached hydrogens (tertiary/aromatic N) is 3. The van der Waals surface area contributed by atoms with Gasteiger partial charge in [0.25, 0.3) is 11.5 Å². The van der Waals surface area contributed by atoms with E-state index in [-0.39, 0.29) is 18.7 Å². The van der Waals surface area contributed by atoms with E-state index in [1.165, 1.54) is 11.7 Å². The summed E-state index contributed by atoms with van der Waals surface area (Å²) in [6.45, 7) is 4.17. The van der Waals surface area contributed by atoms with Crippen molar-refractivity contribution in [3.05, 3.63) is 75.2 Å². The Kier molecular flexibility index (Phi) is 7.95. The average Bonchev–Trinajstić information content (AvgIpc) is 2.81. The summed E-state index contributed by atoms with van der Waals surface area (Å²) in [5, 5.41) is 15.4. The largest absolute Gasteiger partial charge is 0.493 e. The maximum Gasteiger partial charge on any atom is 0.269 e. The van der Waals surface area contributed by atoms with Crippen molar-refractivity contribution in [3.8, 4) is 11.8 Å². The average molecular weight is 447 g/mol. The highest BCUT2D eigenvalue weighted by Crippen LogP contribution is 2.26. The number of hydrogen-bond acceptors (Lipinski definition) is 6. The van der Waals surface area contributed by atoms with Crippen LogP contribution in [0.5, 0.6) is 5.75 Å². The van der Waals surface area contributed by atoms with Crippen LogP contribution < -0.4 is 15.7 Å². The first kappa shape index (κ1) is 23.7. The lowest BCUT2D eigenvalue weighted by molar-refractivity contribution is -0.121. The van der Waals surface area contributed by atoms with Crippen molar-refractivity contribution in [1.82, 2.24) is 9.99 Å². The molecule has 2 aromatic carbocycles. The summed E-state index contributed by atoms with van der Waals surface area (Å²) in [7, 11) is 1.49. The van der Waals surface area contributed by atoms with E-state index in [1.54, 1.807) is 19.2 Å². The van der Waals surface area contributed by atoms with E-state index in [0.29, 0.717) is 23.6 Å². The van der Waals surface area contributed by atoms with E-state index >= 15 is 0 Å². The Morgan fingerprint density at radius 3 is 2.79 bits per heavy atom. The van der Waals surface area contributed by atoms with Crippen LogP contribution in [0.4, 0.5) is 0 Å². The second-order valence-corrected chi connectivity index (χ2v) is 7.46. The van der Waals surface area contributed by atoms with Gasteiger partial charge in [-0.25, -0.2) is 5.43 Å². The van der Waals surface area contributed by atoms with E-state index < -0.39 is 11.5 Å². The van der Waals surface area contributed by atoms with Gasteiger partial charge in [0.2, 0.25) is 0 Å². The molecule has 0 saturated heterocycles. The van der Waals surface area contributed by atoms with Crippen LogP contribution in [-0.4, -0.2) is 30.4 Å². The second kappa shape index (κ2) is 11.1. The van der Waals surface area contributed by atoms with Crippen LogP contribution in [0.2, 0.25) is 0 Å². The van der Waals surface area contributed by atoms with Gasteiger partial charge in [-0.1, -0.05) is 37.3 Å². The Labute approximate surface area is 192 Å². The van der Waals surface area contributed by atoms with Crippen LogP contribution in [0.3, 0.4) is 0 Å². The number of ether oxygens (including phenoxy) is 2. The summed E-state index contributed by atoms with van der Waals surface area (Å²) in [5.74, 6) is 0.184. The number of carbonyl (C=O) groups excluding carboxylic acids is 1. The minimum atomic E-state index is -0.534. The van der Waals surface area contributed by atoms with Crippen LogP contribution in [0.1, 0.15) is 35.7 Å². The number of amides is 1. The van der Waals surface area contributed by atoms with Crippen molar-refractivity contribution in [1.29, 1.82) is 5.26 Å². The fraction of sp³-hybridized carbons (Fsp3) is 0.280. The minimum Gasteiger partial charge on any atom is -0.493 e. The first-order chi connectivity index (χ1) is 16.0. The van der Waals surface area contributed by atoms with E-state index in [9.17, 15) is 14.9 Å². The molecule has 0 fully saturated rings. The third kappa shape index (κ3) is 5.45. The molecule has 0 aliphatic carbocycles. The van der Waals surface area contributed by atoms with Gasteiger partial charge in [-0.2, -0.15) is 10.4 Å². The Bertz CT molecular complexity index is 1290. The third-order valence-corrected chi connectivity index (χ3v) is 5.08. The molecule has 0 radical (unpaired) electrons. The van der Waals surface area contributed by atoms with Crippen LogP contribution in [0, 0.1) is 18.3 Å². The molecule has 0 unspecified atom stereocenters. The first-order valence-electron chi connectivity index (χ1n) is 10.6. The molecule has 0 bridgehead atoms. The van der Waals surface area contributed by atoms with Gasteiger partial charge in [-0.05, 0) is 36.2 Å². The Morgan fingerprint density at radius 2 is 2.06 bits per heavy atom. The van der Waals surface area contributed by atoms with Gasteiger partial charge in [-0.15, -0.1) is 0 Å². The number of benzene rings is 2. The van der Waals surface area contributed by atoms with Crippen LogP contribution >= 0.6 is 0 Å². The first-order valence-corrected chi connectivity index (χ1v) is 10.6. The molecule has 1 aromatic heterocycles. The number of hydrazone groups is 1. The fourth-order valence-corrected chi connectivity index (χ4v) is 3.51. The molecule has 0 saturated carbocycles. The van der Waals surface area contributed by atoms with Gasteiger partial charge in [-0.3, -0.25) is 9.59 Å².